The van der Waals surface area contributed by atoms with Gasteiger partial charge in [-0.3, -0.25) is 10.4 Å². The maximum atomic E-state index is 5.19. The van der Waals surface area contributed by atoms with Crippen molar-refractivity contribution >= 4 is 28.7 Å². The van der Waals surface area contributed by atoms with E-state index in [1.165, 1.54) is 25.0 Å². The first-order chi connectivity index (χ1) is 8.75. The largest absolute Gasteiger partial charge is 0.330 e. The van der Waals surface area contributed by atoms with E-state index >= 15 is 0 Å². The number of hydrogen-bond acceptors (Lipinski definition) is 3. The fourth-order valence-electron chi connectivity index (χ4n) is 2.05. The lowest BCUT2D eigenvalue weighted by Gasteiger charge is -2.20. The molecule has 1 aliphatic rings. The quantitative estimate of drug-likeness (QED) is 0.635. The minimum absolute atomic E-state index is 0.508. The van der Waals surface area contributed by atoms with E-state index < -0.39 is 0 Å². The van der Waals surface area contributed by atoms with Gasteiger partial charge in [-0.15, -0.1) is 0 Å². The predicted octanol–water partition coefficient (Wildman–Crippen LogP) is 2.93. The molecule has 0 amide bonds. The van der Waals surface area contributed by atoms with Gasteiger partial charge in [0, 0.05) is 11.9 Å². The van der Waals surface area contributed by atoms with Crippen LogP contribution in [0.3, 0.4) is 0 Å². The number of hydrazone groups is 1. The van der Waals surface area contributed by atoms with Gasteiger partial charge in [-0.2, -0.15) is 5.10 Å². The zero-order valence-electron chi connectivity index (χ0n) is 10.5. The Bertz CT molecular complexity index is 430. The number of rotatable bonds is 2. The van der Waals surface area contributed by atoms with Crippen molar-refractivity contribution in [2.75, 3.05) is 5.32 Å². The van der Waals surface area contributed by atoms with Crippen LogP contribution >= 0.6 is 12.2 Å². The Labute approximate surface area is 113 Å². The Morgan fingerprint density at radius 3 is 3.11 bits per heavy atom. The lowest BCUT2D eigenvalue weighted by atomic mass is 9.89. The Hall–Kier alpha value is -1.49. The van der Waals surface area contributed by atoms with Gasteiger partial charge in [0.05, 0.1) is 11.9 Å². The van der Waals surface area contributed by atoms with E-state index in [-0.39, 0.29) is 0 Å². The molecule has 5 heteroatoms. The molecule has 1 atom stereocenters. The van der Waals surface area contributed by atoms with E-state index in [1.807, 2.05) is 12.1 Å². The van der Waals surface area contributed by atoms with Crippen LogP contribution in [0.5, 0.6) is 0 Å². The summed E-state index contributed by atoms with van der Waals surface area (Å²) < 4.78 is 0. The summed E-state index contributed by atoms with van der Waals surface area (Å²) in [4.78, 5) is 4.01. The third kappa shape index (κ3) is 3.77. The van der Waals surface area contributed by atoms with Crippen LogP contribution in [0.25, 0.3) is 0 Å². The number of nitrogens with zero attached hydrogens (tertiary/aromatic N) is 2. The normalized spacial score (nSPS) is 21.6. The number of aromatic nitrogens is 1. The van der Waals surface area contributed by atoms with Crippen LogP contribution in [0.15, 0.2) is 29.6 Å². The average molecular weight is 262 g/mol. The number of anilines is 1. The molecule has 0 radical (unpaired) electrons. The Morgan fingerprint density at radius 1 is 1.50 bits per heavy atom. The molecule has 0 saturated heterocycles. The van der Waals surface area contributed by atoms with E-state index in [1.54, 1.807) is 12.4 Å². The van der Waals surface area contributed by atoms with E-state index in [9.17, 15) is 0 Å². The van der Waals surface area contributed by atoms with Crippen LogP contribution in [0.2, 0.25) is 0 Å². The van der Waals surface area contributed by atoms with Gasteiger partial charge in [0.15, 0.2) is 5.11 Å². The van der Waals surface area contributed by atoms with Crippen LogP contribution in [0.4, 0.5) is 5.69 Å². The standard InChI is InChI=1S/C13H18N4S/c1-10-5-2-3-7-12(10)16-17-13(18)15-11-6-4-8-14-9-11/h4,6,8-10H,2-3,5,7H2,1H3,(H2,15,17,18)/b16-12-/t10-/m1/s1. The highest BCUT2D eigenvalue weighted by Gasteiger charge is 2.15. The van der Waals surface area contributed by atoms with E-state index in [0.29, 0.717) is 11.0 Å². The van der Waals surface area contributed by atoms with Crippen molar-refractivity contribution in [3.8, 4) is 0 Å². The third-order valence-electron chi connectivity index (χ3n) is 3.11. The number of thiocarbonyl (C=S) groups is 1. The highest BCUT2D eigenvalue weighted by molar-refractivity contribution is 7.80. The second-order valence-corrected chi connectivity index (χ2v) is 4.97. The molecular formula is C13H18N4S. The molecule has 0 spiro atoms. The summed E-state index contributed by atoms with van der Waals surface area (Å²) in [6.07, 6.45) is 8.29. The molecule has 96 valence electrons. The average Bonchev–Trinajstić information content (AvgIpc) is 2.39. The van der Waals surface area contributed by atoms with Crippen molar-refractivity contribution in [1.82, 2.24) is 10.4 Å². The van der Waals surface area contributed by atoms with Crippen molar-refractivity contribution in [3.63, 3.8) is 0 Å². The molecule has 1 aliphatic carbocycles. The van der Waals surface area contributed by atoms with Gasteiger partial charge >= 0.3 is 0 Å². The first kappa shape index (κ1) is 13.0. The maximum absolute atomic E-state index is 5.19. The molecule has 1 aromatic heterocycles. The summed E-state index contributed by atoms with van der Waals surface area (Å²) in [5, 5.41) is 7.96. The third-order valence-corrected chi connectivity index (χ3v) is 3.30. The summed E-state index contributed by atoms with van der Waals surface area (Å²) in [5.74, 6) is 0.562. The zero-order chi connectivity index (χ0) is 12.8. The molecule has 1 fully saturated rings. The zero-order valence-corrected chi connectivity index (χ0v) is 11.3. The smallest absolute Gasteiger partial charge is 0.191 e. The van der Waals surface area contributed by atoms with Crippen molar-refractivity contribution < 1.29 is 0 Å². The molecule has 0 bridgehead atoms. The predicted molar refractivity (Wildman–Crippen MR) is 78.7 cm³/mol. The Balaban J connectivity index is 1.86. The van der Waals surface area contributed by atoms with Crippen molar-refractivity contribution in [2.45, 2.75) is 32.6 Å². The summed E-state index contributed by atoms with van der Waals surface area (Å²) in [6, 6.07) is 3.78. The summed E-state index contributed by atoms with van der Waals surface area (Å²) in [6.45, 7) is 2.22. The molecule has 0 unspecified atom stereocenters. The Morgan fingerprint density at radius 2 is 2.39 bits per heavy atom. The van der Waals surface area contributed by atoms with Gasteiger partial charge in [-0.05, 0) is 49.5 Å². The molecule has 2 rings (SSSR count). The molecule has 18 heavy (non-hydrogen) atoms. The van der Waals surface area contributed by atoms with Crippen LogP contribution in [0, 0.1) is 5.92 Å². The lowest BCUT2D eigenvalue weighted by molar-refractivity contribution is 0.555. The molecular weight excluding hydrogens is 244 g/mol. The maximum Gasteiger partial charge on any atom is 0.191 e. The minimum Gasteiger partial charge on any atom is -0.330 e. The second-order valence-electron chi connectivity index (χ2n) is 4.56. The Kier molecular flexibility index (Phi) is 4.64. The van der Waals surface area contributed by atoms with Gasteiger partial charge in [0.1, 0.15) is 0 Å². The van der Waals surface area contributed by atoms with E-state index in [0.717, 1.165) is 12.1 Å². The van der Waals surface area contributed by atoms with Crippen LogP contribution < -0.4 is 10.7 Å². The van der Waals surface area contributed by atoms with Gasteiger partial charge in [0.25, 0.3) is 0 Å². The van der Waals surface area contributed by atoms with Gasteiger partial charge in [-0.1, -0.05) is 13.3 Å². The van der Waals surface area contributed by atoms with E-state index in [4.69, 9.17) is 12.2 Å². The molecule has 1 aromatic rings. The van der Waals surface area contributed by atoms with Gasteiger partial charge in [0.2, 0.25) is 0 Å². The molecule has 1 heterocycles. The SMILES string of the molecule is C[C@@H]1CCCC/C1=N/NC(=S)Nc1cccnc1. The van der Waals surface area contributed by atoms with Crippen molar-refractivity contribution in [3.05, 3.63) is 24.5 Å². The summed E-state index contributed by atoms with van der Waals surface area (Å²) >= 11 is 5.19. The summed E-state index contributed by atoms with van der Waals surface area (Å²) in [5.41, 5.74) is 5.00. The first-order valence-electron chi connectivity index (χ1n) is 6.29. The fourth-order valence-corrected chi connectivity index (χ4v) is 2.22. The number of hydrogen-bond donors (Lipinski definition) is 2. The number of nitrogens with one attached hydrogen (secondary N) is 2. The molecule has 2 N–H and O–H groups in total. The molecule has 1 saturated carbocycles. The van der Waals surface area contributed by atoms with Gasteiger partial charge in [-0.25, -0.2) is 0 Å². The van der Waals surface area contributed by atoms with Crippen molar-refractivity contribution in [1.29, 1.82) is 0 Å². The lowest BCUT2D eigenvalue weighted by Crippen LogP contribution is -2.27. The second kappa shape index (κ2) is 6.44. The van der Waals surface area contributed by atoms with Crippen LogP contribution in [-0.2, 0) is 0 Å². The highest BCUT2D eigenvalue weighted by Crippen LogP contribution is 2.20. The summed E-state index contributed by atoms with van der Waals surface area (Å²) in [7, 11) is 0. The molecule has 0 aliphatic heterocycles. The van der Waals surface area contributed by atoms with Crippen LogP contribution in [-0.4, -0.2) is 15.8 Å². The van der Waals surface area contributed by atoms with Crippen molar-refractivity contribution in [2.24, 2.45) is 11.0 Å². The molecule has 0 aromatic carbocycles. The molecule has 4 nitrogen and oxygen atoms in total. The fraction of sp³-hybridized carbons (Fsp3) is 0.462. The minimum atomic E-state index is 0.508. The van der Waals surface area contributed by atoms with E-state index in [2.05, 4.69) is 27.8 Å². The monoisotopic (exact) mass is 262 g/mol. The van der Waals surface area contributed by atoms with Crippen LogP contribution in [0.1, 0.15) is 32.6 Å². The number of pyridine rings is 1. The first-order valence-corrected chi connectivity index (χ1v) is 6.70. The topological polar surface area (TPSA) is 49.3 Å². The highest BCUT2D eigenvalue weighted by atomic mass is 32.1. The van der Waals surface area contributed by atoms with Gasteiger partial charge < -0.3 is 5.32 Å².